The Morgan fingerprint density at radius 2 is 2.00 bits per heavy atom. The number of anilines is 1. The van der Waals surface area contributed by atoms with Crippen molar-refractivity contribution in [1.82, 2.24) is 4.90 Å². The van der Waals surface area contributed by atoms with Gasteiger partial charge in [0.1, 0.15) is 0 Å². The minimum atomic E-state index is -0.103. The zero-order valence-corrected chi connectivity index (χ0v) is 13.3. The largest absolute Gasteiger partial charge is 0.395 e. The predicted octanol–water partition coefficient (Wildman–Crippen LogP) is 3.17. The summed E-state index contributed by atoms with van der Waals surface area (Å²) in [6, 6.07) is 5.41. The molecule has 0 atom stereocenters. The highest BCUT2D eigenvalue weighted by molar-refractivity contribution is 6.42. The molecule has 1 amide bonds. The predicted molar refractivity (Wildman–Crippen MR) is 86.0 cm³/mol. The number of nitrogens with one attached hydrogen (secondary N) is 1. The summed E-state index contributed by atoms with van der Waals surface area (Å²) >= 11 is 11.8. The normalized spacial score (nSPS) is 15.6. The fourth-order valence-corrected chi connectivity index (χ4v) is 3.05. The fourth-order valence-electron chi connectivity index (χ4n) is 2.75. The molecule has 6 heteroatoms. The number of carbonyl (C=O) groups is 1. The maximum absolute atomic E-state index is 12.1. The van der Waals surface area contributed by atoms with Crippen molar-refractivity contribution in [3.63, 3.8) is 0 Å². The molecule has 2 N–H and O–H groups in total. The van der Waals surface area contributed by atoms with Crippen LogP contribution in [0.25, 0.3) is 0 Å². The monoisotopic (exact) mass is 330 g/mol. The van der Waals surface area contributed by atoms with Crippen molar-refractivity contribution < 1.29 is 9.90 Å². The van der Waals surface area contributed by atoms with E-state index in [9.17, 15) is 4.79 Å². The van der Waals surface area contributed by atoms with Crippen molar-refractivity contribution in [1.29, 1.82) is 0 Å². The van der Waals surface area contributed by atoms with E-state index in [-0.39, 0.29) is 19.1 Å². The van der Waals surface area contributed by atoms with E-state index in [1.165, 1.54) is 12.8 Å². The molecule has 0 unspecified atom stereocenters. The molecule has 0 radical (unpaired) electrons. The summed E-state index contributed by atoms with van der Waals surface area (Å²) in [6.45, 7) is 0.876. The van der Waals surface area contributed by atoms with Crippen LogP contribution in [0.1, 0.15) is 25.7 Å². The van der Waals surface area contributed by atoms with Crippen LogP contribution in [0.5, 0.6) is 0 Å². The first kappa shape index (κ1) is 16.6. The molecule has 0 bridgehead atoms. The second kappa shape index (κ2) is 7.99. The minimum Gasteiger partial charge on any atom is -0.395 e. The first-order valence-electron chi connectivity index (χ1n) is 7.20. The highest BCUT2D eigenvalue weighted by Crippen LogP contribution is 2.25. The van der Waals surface area contributed by atoms with Crippen molar-refractivity contribution in [2.24, 2.45) is 0 Å². The van der Waals surface area contributed by atoms with Crippen LogP contribution in [0.4, 0.5) is 5.69 Å². The van der Waals surface area contributed by atoms with Crippen molar-refractivity contribution in [3.05, 3.63) is 28.2 Å². The van der Waals surface area contributed by atoms with E-state index in [1.807, 2.05) is 0 Å². The van der Waals surface area contributed by atoms with Gasteiger partial charge in [-0.25, -0.2) is 0 Å². The summed E-state index contributed by atoms with van der Waals surface area (Å²) in [5.41, 5.74) is 0.629. The Bertz CT molecular complexity index is 491. The number of halogens is 2. The van der Waals surface area contributed by atoms with Gasteiger partial charge in [0.15, 0.2) is 0 Å². The van der Waals surface area contributed by atoms with E-state index >= 15 is 0 Å². The van der Waals surface area contributed by atoms with Crippen molar-refractivity contribution in [2.45, 2.75) is 31.7 Å². The van der Waals surface area contributed by atoms with Gasteiger partial charge in [0.25, 0.3) is 0 Å². The number of hydrogen-bond acceptors (Lipinski definition) is 3. The first-order chi connectivity index (χ1) is 10.1. The van der Waals surface area contributed by atoms with E-state index in [0.29, 0.717) is 28.3 Å². The zero-order valence-electron chi connectivity index (χ0n) is 11.8. The van der Waals surface area contributed by atoms with Gasteiger partial charge in [-0.15, -0.1) is 0 Å². The van der Waals surface area contributed by atoms with E-state index in [0.717, 1.165) is 12.8 Å². The quantitative estimate of drug-likeness (QED) is 0.842. The summed E-state index contributed by atoms with van der Waals surface area (Å²) in [5, 5.41) is 12.9. The van der Waals surface area contributed by atoms with Crippen LogP contribution in [-0.4, -0.2) is 41.7 Å². The lowest BCUT2D eigenvalue weighted by Crippen LogP contribution is -2.41. The number of aliphatic hydroxyl groups is 1. The molecule has 1 aromatic rings. The molecule has 0 saturated heterocycles. The molecule has 4 nitrogen and oxygen atoms in total. The lowest BCUT2D eigenvalue weighted by atomic mass is 10.2. The third-order valence-electron chi connectivity index (χ3n) is 3.78. The highest BCUT2D eigenvalue weighted by atomic mass is 35.5. The molecule has 0 aromatic heterocycles. The number of benzene rings is 1. The van der Waals surface area contributed by atoms with Crippen molar-refractivity contribution in [3.8, 4) is 0 Å². The number of aliphatic hydroxyl groups excluding tert-OH is 1. The van der Waals surface area contributed by atoms with Gasteiger partial charge in [0.2, 0.25) is 5.91 Å². The van der Waals surface area contributed by atoms with E-state index in [1.54, 1.807) is 18.2 Å². The Balaban J connectivity index is 1.93. The third kappa shape index (κ3) is 4.85. The summed E-state index contributed by atoms with van der Waals surface area (Å²) in [4.78, 5) is 14.2. The average Bonchev–Trinajstić information content (AvgIpc) is 2.96. The standard InChI is InChI=1S/C15H20Cl2N2O2/c16-13-6-5-11(9-14(13)17)18-15(21)10-19(7-8-20)12-3-1-2-4-12/h5-6,9,12,20H,1-4,7-8,10H2,(H,18,21). The Kier molecular flexibility index (Phi) is 6.30. The lowest BCUT2D eigenvalue weighted by Gasteiger charge is -2.27. The smallest absolute Gasteiger partial charge is 0.238 e. The molecule has 0 aliphatic heterocycles. The summed E-state index contributed by atoms with van der Waals surface area (Å²) in [7, 11) is 0. The van der Waals surface area contributed by atoms with Crippen LogP contribution in [0.15, 0.2) is 18.2 Å². The number of carbonyl (C=O) groups excluding carboxylic acids is 1. The molecule has 2 rings (SSSR count). The molecular weight excluding hydrogens is 311 g/mol. The van der Waals surface area contributed by atoms with Crippen molar-refractivity contribution in [2.75, 3.05) is 25.0 Å². The molecule has 0 heterocycles. The summed E-state index contributed by atoms with van der Waals surface area (Å²) in [6.07, 6.45) is 4.59. The Morgan fingerprint density at radius 1 is 1.29 bits per heavy atom. The average molecular weight is 331 g/mol. The third-order valence-corrected chi connectivity index (χ3v) is 4.52. The highest BCUT2D eigenvalue weighted by Gasteiger charge is 2.23. The zero-order chi connectivity index (χ0) is 15.2. The number of hydrogen-bond donors (Lipinski definition) is 2. The van der Waals surface area contributed by atoms with E-state index < -0.39 is 0 Å². The summed E-state index contributed by atoms with van der Waals surface area (Å²) < 4.78 is 0. The van der Waals surface area contributed by atoms with Crippen LogP contribution >= 0.6 is 23.2 Å². The molecule has 116 valence electrons. The van der Waals surface area contributed by atoms with Crippen LogP contribution < -0.4 is 5.32 Å². The maximum atomic E-state index is 12.1. The molecule has 1 aliphatic rings. The molecule has 1 saturated carbocycles. The topological polar surface area (TPSA) is 52.6 Å². The van der Waals surface area contributed by atoms with Gasteiger partial charge in [-0.1, -0.05) is 36.0 Å². The molecule has 1 fully saturated rings. The van der Waals surface area contributed by atoms with Gasteiger partial charge in [0, 0.05) is 18.3 Å². The van der Waals surface area contributed by atoms with Gasteiger partial charge >= 0.3 is 0 Å². The second-order valence-electron chi connectivity index (χ2n) is 5.31. The first-order valence-corrected chi connectivity index (χ1v) is 7.95. The van der Waals surface area contributed by atoms with E-state index in [4.69, 9.17) is 28.3 Å². The van der Waals surface area contributed by atoms with Crippen LogP contribution in [-0.2, 0) is 4.79 Å². The Labute approximate surface area is 135 Å². The van der Waals surface area contributed by atoms with Crippen LogP contribution in [0, 0.1) is 0 Å². The Morgan fingerprint density at radius 3 is 2.62 bits per heavy atom. The van der Waals surface area contributed by atoms with Gasteiger partial charge in [-0.05, 0) is 31.0 Å². The molecule has 1 aromatic carbocycles. The number of rotatable bonds is 6. The van der Waals surface area contributed by atoms with Gasteiger partial charge in [-0.3, -0.25) is 9.69 Å². The number of amides is 1. The molecule has 0 spiro atoms. The van der Waals surface area contributed by atoms with Crippen LogP contribution in [0.3, 0.4) is 0 Å². The fraction of sp³-hybridized carbons (Fsp3) is 0.533. The van der Waals surface area contributed by atoms with Gasteiger partial charge in [-0.2, -0.15) is 0 Å². The SMILES string of the molecule is O=C(CN(CCO)C1CCCC1)Nc1ccc(Cl)c(Cl)c1. The number of nitrogens with zero attached hydrogens (tertiary/aromatic N) is 1. The van der Waals surface area contributed by atoms with Gasteiger partial charge in [0.05, 0.1) is 23.2 Å². The van der Waals surface area contributed by atoms with E-state index in [2.05, 4.69) is 10.2 Å². The Hall–Kier alpha value is -0.810. The second-order valence-corrected chi connectivity index (χ2v) is 6.12. The maximum Gasteiger partial charge on any atom is 0.238 e. The lowest BCUT2D eigenvalue weighted by molar-refractivity contribution is -0.118. The molecule has 21 heavy (non-hydrogen) atoms. The van der Waals surface area contributed by atoms with Crippen LogP contribution in [0.2, 0.25) is 10.0 Å². The minimum absolute atomic E-state index is 0.0660. The molecular formula is C15H20Cl2N2O2. The summed E-state index contributed by atoms with van der Waals surface area (Å²) in [5.74, 6) is -0.103. The van der Waals surface area contributed by atoms with Crippen molar-refractivity contribution >= 4 is 34.8 Å². The molecule has 1 aliphatic carbocycles. The van der Waals surface area contributed by atoms with Gasteiger partial charge < -0.3 is 10.4 Å².